The van der Waals surface area contributed by atoms with Crippen molar-refractivity contribution in [3.63, 3.8) is 0 Å². The zero-order valence-corrected chi connectivity index (χ0v) is 10.7. The number of benzene rings is 1. The predicted molar refractivity (Wildman–Crippen MR) is 69.0 cm³/mol. The van der Waals surface area contributed by atoms with Crippen LogP contribution in [0.15, 0.2) is 30.3 Å². The topological polar surface area (TPSA) is 72.8 Å². The summed E-state index contributed by atoms with van der Waals surface area (Å²) in [4.78, 5) is 21.5. The number of esters is 1. The van der Waals surface area contributed by atoms with Crippen molar-refractivity contribution in [1.82, 2.24) is 0 Å². The van der Waals surface area contributed by atoms with Gasteiger partial charge in [-0.2, -0.15) is 0 Å². The lowest BCUT2D eigenvalue weighted by Gasteiger charge is -2.07. The van der Waals surface area contributed by atoms with E-state index >= 15 is 0 Å². The second-order valence-electron chi connectivity index (χ2n) is 3.98. The number of hydrogen-bond donors (Lipinski definition) is 1. The summed E-state index contributed by atoms with van der Waals surface area (Å²) in [5, 5.41) is 8.43. The maximum absolute atomic E-state index is 11.3. The Morgan fingerprint density at radius 2 is 1.68 bits per heavy atom. The molecule has 0 saturated carbocycles. The minimum atomic E-state index is -0.843. The van der Waals surface area contributed by atoms with Crippen LogP contribution >= 0.6 is 0 Å². The van der Waals surface area contributed by atoms with E-state index in [1.807, 2.05) is 30.3 Å². The number of para-hydroxylation sites is 1. The van der Waals surface area contributed by atoms with Gasteiger partial charge in [-0.1, -0.05) is 18.2 Å². The summed E-state index contributed by atoms with van der Waals surface area (Å²) in [6.45, 7) is 0.511. The molecule has 0 aliphatic heterocycles. The smallest absolute Gasteiger partial charge is 0.305 e. The van der Waals surface area contributed by atoms with Gasteiger partial charge in [0.1, 0.15) is 19.0 Å². The molecule has 0 bridgehead atoms. The molecule has 0 radical (unpaired) electrons. The quantitative estimate of drug-likeness (QED) is 0.548. The van der Waals surface area contributed by atoms with E-state index in [4.69, 9.17) is 14.6 Å². The van der Waals surface area contributed by atoms with Crippen LogP contribution < -0.4 is 4.74 Å². The van der Waals surface area contributed by atoms with Gasteiger partial charge in [0.15, 0.2) is 0 Å². The van der Waals surface area contributed by atoms with Crippen molar-refractivity contribution in [3.05, 3.63) is 30.3 Å². The molecule has 0 saturated heterocycles. The van der Waals surface area contributed by atoms with Crippen LogP contribution in [0.3, 0.4) is 0 Å². The summed E-state index contributed by atoms with van der Waals surface area (Å²) in [5.41, 5.74) is 0. The molecule has 0 unspecified atom stereocenters. The van der Waals surface area contributed by atoms with Crippen molar-refractivity contribution < 1.29 is 24.2 Å². The van der Waals surface area contributed by atoms with E-state index in [2.05, 4.69) is 0 Å². The number of aliphatic carboxylic acids is 1. The van der Waals surface area contributed by atoms with Gasteiger partial charge in [0.2, 0.25) is 0 Å². The first kappa shape index (κ1) is 15.0. The fraction of sp³-hybridized carbons (Fsp3) is 0.429. The number of carboxylic acid groups (broad SMARTS) is 1. The van der Waals surface area contributed by atoms with Gasteiger partial charge < -0.3 is 14.6 Å². The van der Waals surface area contributed by atoms with Gasteiger partial charge >= 0.3 is 11.9 Å². The molecule has 0 aliphatic rings. The molecular weight excluding hydrogens is 248 g/mol. The monoisotopic (exact) mass is 266 g/mol. The second-order valence-corrected chi connectivity index (χ2v) is 3.98. The lowest BCUT2D eigenvalue weighted by Crippen LogP contribution is -2.12. The van der Waals surface area contributed by atoms with Gasteiger partial charge in [-0.05, 0) is 25.0 Å². The minimum Gasteiger partial charge on any atom is -0.490 e. The van der Waals surface area contributed by atoms with Gasteiger partial charge in [0.05, 0.1) is 0 Å². The molecule has 104 valence electrons. The van der Waals surface area contributed by atoms with E-state index in [1.165, 1.54) is 0 Å². The number of rotatable bonds is 9. The number of carbonyl (C=O) groups excluding carboxylic acids is 1. The van der Waals surface area contributed by atoms with Crippen molar-refractivity contribution in [2.45, 2.75) is 25.7 Å². The SMILES string of the molecule is O=C(O)CCCCC(=O)OCCOc1ccccc1. The zero-order valence-electron chi connectivity index (χ0n) is 10.7. The number of ether oxygens (including phenoxy) is 2. The summed E-state index contributed by atoms with van der Waals surface area (Å²) >= 11 is 0. The highest BCUT2D eigenvalue weighted by Crippen LogP contribution is 2.07. The Morgan fingerprint density at radius 1 is 1.00 bits per heavy atom. The van der Waals surface area contributed by atoms with Gasteiger partial charge in [-0.25, -0.2) is 0 Å². The second kappa shape index (κ2) is 8.97. The Labute approximate surface area is 112 Å². The molecule has 19 heavy (non-hydrogen) atoms. The van der Waals surface area contributed by atoms with Crippen molar-refractivity contribution in [2.75, 3.05) is 13.2 Å². The fourth-order valence-electron chi connectivity index (χ4n) is 1.45. The first-order valence-electron chi connectivity index (χ1n) is 6.24. The van der Waals surface area contributed by atoms with Crippen LogP contribution in [0.4, 0.5) is 0 Å². The van der Waals surface area contributed by atoms with E-state index in [0.717, 1.165) is 5.75 Å². The predicted octanol–water partition coefficient (Wildman–Crippen LogP) is 2.25. The number of carboxylic acids is 1. The summed E-state index contributed by atoms with van der Waals surface area (Å²) in [6.07, 6.45) is 1.36. The molecule has 1 N–H and O–H groups in total. The molecule has 0 aliphatic carbocycles. The third-order valence-electron chi connectivity index (χ3n) is 2.38. The number of carbonyl (C=O) groups is 2. The Hall–Kier alpha value is -2.04. The molecule has 1 aromatic rings. The van der Waals surface area contributed by atoms with E-state index in [9.17, 15) is 9.59 Å². The molecule has 0 amide bonds. The maximum atomic E-state index is 11.3. The van der Waals surface area contributed by atoms with Crippen LogP contribution in [0.1, 0.15) is 25.7 Å². The van der Waals surface area contributed by atoms with E-state index in [1.54, 1.807) is 0 Å². The van der Waals surface area contributed by atoms with Crippen LogP contribution in [0.25, 0.3) is 0 Å². The molecule has 0 aromatic heterocycles. The Kier molecular flexibility index (Phi) is 7.09. The van der Waals surface area contributed by atoms with E-state index in [-0.39, 0.29) is 25.4 Å². The molecule has 1 aromatic carbocycles. The summed E-state index contributed by atoms with van der Waals surface area (Å²) in [5.74, 6) is -0.424. The average molecular weight is 266 g/mol. The van der Waals surface area contributed by atoms with Crippen LogP contribution in [0.2, 0.25) is 0 Å². The fourth-order valence-corrected chi connectivity index (χ4v) is 1.45. The third kappa shape index (κ3) is 7.81. The van der Waals surface area contributed by atoms with Crippen molar-refractivity contribution in [3.8, 4) is 5.75 Å². The van der Waals surface area contributed by atoms with Gasteiger partial charge in [-0.3, -0.25) is 9.59 Å². The number of hydrogen-bond acceptors (Lipinski definition) is 4. The van der Waals surface area contributed by atoms with Crippen LogP contribution in [0.5, 0.6) is 5.75 Å². The van der Waals surface area contributed by atoms with Crippen LogP contribution in [0, 0.1) is 0 Å². The summed E-state index contributed by atoms with van der Waals surface area (Å²) in [7, 11) is 0. The van der Waals surface area contributed by atoms with Crippen molar-refractivity contribution >= 4 is 11.9 Å². The highest BCUT2D eigenvalue weighted by molar-refractivity contribution is 5.69. The molecule has 5 nitrogen and oxygen atoms in total. The Balaban J connectivity index is 2.00. The molecule has 0 spiro atoms. The zero-order chi connectivity index (χ0) is 13.9. The standard InChI is InChI=1S/C14H18O5/c15-13(16)8-4-5-9-14(17)19-11-10-18-12-6-2-1-3-7-12/h1-3,6-7H,4-5,8-11H2,(H,15,16). The van der Waals surface area contributed by atoms with Crippen molar-refractivity contribution in [2.24, 2.45) is 0 Å². The first-order chi connectivity index (χ1) is 9.18. The summed E-state index contributed by atoms with van der Waals surface area (Å²) in [6, 6.07) is 9.28. The maximum Gasteiger partial charge on any atom is 0.305 e. The average Bonchev–Trinajstić information content (AvgIpc) is 2.41. The largest absolute Gasteiger partial charge is 0.490 e. The van der Waals surface area contributed by atoms with Crippen LogP contribution in [-0.2, 0) is 14.3 Å². The van der Waals surface area contributed by atoms with E-state index < -0.39 is 5.97 Å². The normalized spacial score (nSPS) is 9.89. The van der Waals surface area contributed by atoms with Gasteiger partial charge in [0, 0.05) is 12.8 Å². The molecule has 1 rings (SSSR count). The first-order valence-corrected chi connectivity index (χ1v) is 6.24. The third-order valence-corrected chi connectivity index (χ3v) is 2.38. The lowest BCUT2D eigenvalue weighted by molar-refractivity contribution is -0.145. The van der Waals surface area contributed by atoms with Crippen molar-refractivity contribution in [1.29, 1.82) is 0 Å². The lowest BCUT2D eigenvalue weighted by atomic mass is 10.2. The van der Waals surface area contributed by atoms with E-state index in [0.29, 0.717) is 19.4 Å². The van der Waals surface area contributed by atoms with Gasteiger partial charge in [-0.15, -0.1) is 0 Å². The molecular formula is C14H18O5. The highest BCUT2D eigenvalue weighted by atomic mass is 16.6. The van der Waals surface area contributed by atoms with Gasteiger partial charge in [0.25, 0.3) is 0 Å². The Morgan fingerprint density at radius 3 is 2.37 bits per heavy atom. The Bertz CT molecular complexity index is 388. The molecule has 0 fully saturated rings. The highest BCUT2D eigenvalue weighted by Gasteiger charge is 2.04. The van der Waals surface area contributed by atoms with Crippen LogP contribution in [-0.4, -0.2) is 30.3 Å². The number of unbranched alkanes of at least 4 members (excludes halogenated alkanes) is 1. The summed E-state index contributed by atoms with van der Waals surface area (Å²) < 4.78 is 10.3. The molecule has 0 heterocycles. The minimum absolute atomic E-state index is 0.0877. The molecule has 0 atom stereocenters. The molecule has 5 heteroatoms.